The summed E-state index contributed by atoms with van der Waals surface area (Å²) in [7, 11) is -4.85. The molecule has 0 aromatic carbocycles. The molecular weight excluding hydrogens is 486 g/mol. The highest BCUT2D eigenvalue weighted by Crippen LogP contribution is 2.61. The third-order valence-corrected chi connectivity index (χ3v) is 6.78. The Morgan fingerprint density at radius 1 is 1.31 bits per heavy atom. The Labute approximate surface area is 202 Å². The number of urea groups is 1. The molecule has 1 saturated carbocycles. The number of nitrogens with one attached hydrogen (secondary N) is 1. The molecule has 196 valence electrons. The van der Waals surface area contributed by atoms with Crippen LogP contribution in [-0.2, 0) is 19.4 Å². The molecule has 14 nitrogen and oxygen atoms in total. The second kappa shape index (κ2) is 9.19. The number of aliphatic hydroxyl groups is 1. The summed E-state index contributed by atoms with van der Waals surface area (Å²) in [5.41, 5.74) is -0.928. The standard InChI is InChI=1S/C20H31N5O9S/c1-19(2,3)33-17(27)21-9-5-4-6-13(26)16-23-22-15(32-16)12-10-20(7-8-20)14-11-24(12)18(28)25(14)34-35(29,30)31/h12-14,26H,4-11H2,1-3H3,(H,21,27)(H,29,30,31)/t12-,13-,14-/m0/s1. The van der Waals surface area contributed by atoms with Crippen molar-refractivity contribution in [1.29, 1.82) is 0 Å². The van der Waals surface area contributed by atoms with Crippen molar-refractivity contribution in [3.05, 3.63) is 11.8 Å². The maximum Gasteiger partial charge on any atom is 0.418 e. The zero-order valence-electron chi connectivity index (χ0n) is 19.8. The Hall–Kier alpha value is -2.49. The lowest BCUT2D eigenvalue weighted by Crippen LogP contribution is -2.43. The van der Waals surface area contributed by atoms with Crippen molar-refractivity contribution in [2.45, 2.75) is 83.1 Å². The molecule has 3 aliphatic rings. The van der Waals surface area contributed by atoms with E-state index in [1.165, 1.54) is 4.90 Å². The highest BCUT2D eigenvalue weighted by Gasteiger charge is 2.65. The first kappa shape index (κ1) is 25.6. The number of piperidine rings is 1. The molecule has 3 heterocycles. The second-order valence-corrected chi connectivity index (χ2v) is 11.3. The molecule has 1 aliphatic carbocycles. The summed E-state index contributed by atoms with van der Waals surface area (Å²) in [6.07, 6.45) is 2.00. The largest absolute Gasteiger partial charge is 0.444 e. The number of amides is 3. The average molecular weight is 518 g/mol. The lowest BCUT2D eigenvalue weighted by atomic mass is 9.85. The van der Waals surface area contributed by atoms with E-state index < -0.39 is 46.3 Å². The van der Waals surface area contributed by atoms with Gasteiger partial charge in [0.05, 0.1) is 6.04 Å². The van der Waals surface area contributed by atoms with Crippen molar-refractivity contribution in [2.24, 2.45) is 5.41 Å². The summed E-state index contributed by atoms with van der Waals surface area (Å²) in [5.74, 6) is 0.169. The predicted octanol–water partition coefficient (Wildman–Crippen LogP) is 1.86. The lowest BCUT2D eigenvalue weighted by molar-refractivity contribution is -0.0530. The third-order valence-electron chi connectivity index (χ3n) is 6.44. The number of hydrogen-bond donors (Lipinski definition) is 3. The van der Waals surface area contributed by atoms with Gasteiger partial charge in [0.25, 0.3) is 0 Å². The van der Waals surface area contributed by atoms with E-state index in [-0.39, 0.29) is 23.7 Å². The van der Waals surface area contributed by atoms with Crippen LogP contribution in [0.15, 0.2) is 4.42 Å². The van der Waals surface area contributed by atoms with Gasteiger partial charge in [-0.25, -0.2) is 9.59 Å². The molecule has 0 radical (unpaired) electrons. The van der Waals surface area contributed by atoms with Gasteiger partial charge in [-0.3, -0.25) is 4.55 Å². The number of ether oxygens (including phenoxy) is 1. The van der Waals surface area contributed by atoms with Gasteiger partial charge in [-0.1, -0.05) is 0 Å². The molecule has 1 aromatic rings. The maximum absolute atomic E-state index is 12.8. The third kappa shape index (κ3) is 5.85. The molecule has 4 rings (SSSR count). The summed E-state index contributed by atoms with van der Waals surface area (Å²) in [6, 6.07) is -1.81. The number of alkyl carbamates (subject to hydrolysis) is 1. The van der Waals surface area contributed by atoms with Crippen LogP contribution in [0.3, 0.4) is 0 Å². The quantitative estimate of drug-likeness (QED) is 0.321. The number of aliphatic hydroxyl groups excluding tert-OH is 1. The van der Waals surface area contributed by atoms with Crippen LogP contribution in [0.2, 0.25) is 0 Å². The van der Waals surface area contributed by atoms with Crippen molar-refractivity contribution in [2.75, 3.05) is 13.1 Å². The van der Waals surface area contributed by atoms with Gasteiger partial charge in [0.15, 0.2) is 0 Å². The van der Waals surface area contributed by atoms with Gasteiger partial charge in [-0.15, -0.1) is 14.5 Å². The first-order chi connectivity index (χ1) is 16.3. The fraction of sp³-hybridized carbons (Fsp3) is 0.800. The maximum atomic E-state index is 12.8. The molecule has 3 atom stereocenters. The van der Waals surface area contributed by atoms with Crippen LogP contribution >= 0.6 is 0 Å². The molecule has 0 unspecified atom stereocenters. The average Bonchev–Trinajstić information content (AvgIpc) is 3.21. The van der Waals surface area contributed by atoms with Crippen molar-refractivity contribution in [1.82, 2.24) is 25.5 Å². The van der Waals surface area contributed by atoms with Crippen molar-refractivity contribution >= 4 is 22.5 Å². The van der Waals surface area contributed by atoms with Crippen LogP contribution in [0, 0.1) is 5.41 Å². The molecular formula is C20H31N5O9S. The van der Waals surface area contributed by atoms with E-state index in [0.29, 0.717) is 32.2 Å². The summed E-state index contributed by atoms with van der Waals surface area (Å²) in [4.78, 5) is 25.8. The Bertz CT molecular complexity index is 1070. The van der Waals surface area contributed by atoms with Gasteiger partial charge >= 0.3 is 22.5 Å². The van der Waals surface area contributed by atoms with Gasteiger partial charge in [0, 0.05) is 13.1 Å². The number of rotatable bonds is 9. The van der Waals surface area contributed by atoms with E-state index in [4.69, 9.17) is 13.7 Å². The van der Waals surface area contributed by atoms with Crippen molar-refractivity contribution in [3.63, 3.8) is 0 Å². The summed E-state index contributed by atoms with van der Waals surface area (Å²) < 4.78 is 46.9. The number of hydroxylamine groups is 2. The molecule has 3 amide bonds. The van der Waals surface area contributed by atoms with Gasteiger partial charge in [0.2, 0.25) is 11.8 Å². The Kier molecular flexibility index (Phi) is 6.72. The van der Waals surface area contributed by atoms with Crippen LogP contribution in [0.4, 0.5) is 9.59 Å². The number of carbonyl (C=O) groups is 2. The summed E-state index contributed by atoms with van der Waals surface area (Å²) in [6.45, 7) is 5.92. The fourth-order valence-corrected chi connectivity index (χ4v) is 5.01. The van der Waals surface area contributed by atoms with E-state index in [1.807, 2.05) is 0 Å². The van der Waals surface area contributed by atoms with Crippen LogP contribution in [-0.4, -0.2) is 75.1 Å². The fourth-order valence-electron chi connectivity index (χ4n) is 4.64. The number of carbonyl (C=O) groups excluding carboxylic acids is 2. The van der Waals surface area contributed by atoms with Crippen LogP contribution in [0.25, 0.3) is 0 Å². The topological polar surface area (TPSA) is 185 Å². The molecule has 1 aromatic heterocycles. The normalized spacial score (nSPS) is 24.1. The number of fused-ring (bicyclic) bond motifs is 3. The van der Waals surface area contributed by atoms with E-state index >= 15 is 0 Å². The SMILES string of the molecule is CC(C)(C)OC(=O)NCCCC[C@H](O)c1nnc([C@@H]2CC3(CC3)[C@@H]3CN2C(=O)N3OS(=O)(=O)O)o1. The lowest BCUT2D eigenvalue weighted by Gasteiger charge is -2.34. The van der Waals surface area contributed by atoms with Crippen LogP contribution in [0.1, 0.15) is 83.2 Å². The van der Waals surface area contributed by atoms with Crippen LogP contribution in [0.5, 0.6) is 0 Å². The molecule has 2 saturated heterocycles. The zero-order valence-corrected chi connectivity index (χ0v) is 20.7. The Balaban J connectivity index is 1.31. The first-order valence-corrected chi connectivity index (χ1v) is 12.9. The highest BCUT2D eigenvalue weighted by molar-refractivity contribution is 7.80. The molecule has 15 heteroatoms. The molecule has 35 heavy (non-hydrogen) atoms. The van der Waals surface area contributed by atoms with Gasteiger partial charge in [-0.05, 0) is 64.7 Å². The molecule has 3 N–H and O–H groups in total. The van der Waals surface area contributed by atoms with Crippen molar-refractivity contribution < 1.29 is 41.1 Å². The number of nitrogens with zero attached hydrogens (tertiary/aromatic N) is 4. The number of unbranched alkanes of at least 4 members (excludes halogenated alkanes) is 1. The van der Waals surface area contributed by atoms with Crippen LogP contribution < -0.4 is 5.32 Å². The minimum atomic E-state index is -4.85. The monoisotopic (exact) mass is 517 g/mol. The highest BCUT2D eigenvalue weighted by atomic mass is 32.3. The Morgan fingerprint density at radius 3 is 2.66 bits per heavy atom. The summed E-state index contributed by atoms with van der Waals surface area (Å²) in [5, 5.41) is 21.8. The summed E-state index contributed by atoms with van der Waals surface area (Å²) >= 11 is 0. The molecule has 3 fully saturated rings. The molecule has 1 spiro atoms. The molecule has 2 bridgehead atoms. The first-order valence-electron chi connectivity index (χ1n) is 11.5. The van der Waals surface area contributed by atoms with E-state index in [9.17, 15) is 23.1 Å². The smallest absolute Gasteiger partial charge is 0.418 e. The van der Waals surface area contributed by atoms with E-state index in [1.54, 1.807) is 20.8 Å². The molecule has 2 aliphatic heterocycles. The minimum Gasteiger partial charge on any atom is -0.444 e. The minimum absolute atomic E-state index is 0.0183. The van der Waals surface area contributed by atoms with Gasteiger partial charge in [-0.2, -0.15) is 13.5 Å². The zero-order chi connectivity index (χ0) is 25.6. The van der Waals surface area contributed by atoms with Gasteiger partial charge in [0.1, 0.15) is 17.7 Å². The van der Waals surface area contributed by atoms with Gasteiger partial charge < -0.3 is 24.5 Å². The van der Waals surface area contributed by atoms with E-state index in [0.717, 1.165) is 17.9 Å². The number of aromatic nitrogens is 2. The number of hydrogen-bond acceptors (Lipinski definition) is 10. The van der Waals surface area contributed by atoms with Crippen molar-refractivity contribution in [3.8, 4) is 0 Å². The predicted molar refractivity (Wildman–Crippen MR) is 117 cm³/mol. The second-order valence-electron chi connectivity index (χ2n) is 10.3. The Morgan fingerprint density at radius 2 is 2.03 bits per heavy atom. The van der Waals surface area contributed by atoms with E-state index in [2.05, 4.69) is 19.8 Å².